The summed E-state index contributed by atoms with van der Waals surface area (Å²) in [5.41, 5.74) is 9.07. The molecule has 4 aromatic rings. The first-order valence-corrected chi connectivity index (χ1v) is 14.5. The molecule has 0 bridgehead atoms. The van der Waals surface area contributed by atoms with Crippen molar-refractivity contribution >= 4 is 17.9 Å². The summed E-state index contributed by atoms with van der Waals surface area (Å²) in [4.78, 5) is 36.9. The summed E-state index contributed by atoms with van der Waals surface area (Å²) in [6.45, 7) is 0.495. The zero-order valence-electron chi connectivity index (χ0n) is 24.8. The summed E-state index contributed by atoms with van der Waals surface area (Å²) in [7, 11) is 0. The third-order valence-corrected chi connectivity index (χ3v) is 6.72. The highest BCUT2D eigenvalue weighted by molar-refractivity contribution is 5.87. The first-order chi connectivity index (χ1) is 21.9. The Labute approximate surface area is 262 Å². The minimum Gasteiger partial charge on any atom is -0.485 e. The third-order valence-electron chi connectivity index (χ3n) is 6.72. The Kier molecular flexibility index (Phi) is 12.4. The maximum atomic E-state index is 12.6. The van der Waals surface area contributed by atoms with E-state index in [1.165, 1.54) is 0 Å². The van der Waals surface area contributed by atoms with E-state index in [1.807, 2.05) is 91.0 Å². The van der Waals surface area contributed by atoms with Gasteiger partial charge in [0, 0.05) is 13.0 Å². The van der Waals surface area contributed by atoms with Gasteiger partial charge < -0.3 is 35.7 Å². The third kappa shape index (κ3) is 11.3. The van der Waals surface area contributed by atoms with Crippen molar-refractivity contribution < 1.29 is 33.7 Å². The SMILES string of the molecule is NC(=O)[C@@H](Cc1ccc(OCc2ccccc2)c(OCc2ccccc2)c1)NC(=O)C[C@@H](O)CNC(=O)OCc1ccccc1. The molecule has 45 heavy (non-hydrogen) atoms. The molecule has 0 aliphatic rings. The second-order valence-electron chi connectivity index (χ2n) is 10.4. The van der Waals surface area contributed by atoms with Crippen LogP contribution in [0.1, 0.15) is 28.7 Å². The van der Waals surface area contributed by atoms with Gasteiger partial charge in [-0.1, -0.05) is 97.1 Å². The Bertz CT molecular complexity index is 1520. The number of ether oxygens (including phenoxy) is 3. The highest BCUT2D eigenvalue weighted by atomic mass is 16.5. The van der Waals surface area contributed by atoms with Gasteiger partial charge in [-0.2, -0.15) is 0 Å². The summed E-state index contributed by atoms with van der Waals surface area (Å²) in [6, 6.07) is 32.8. The number of aliphatic hydroxyl groups excluding tert-OH is 1. The van der Waals surface area contributed by atoms with Crippen LogP contribution in [-0.2, 0) is 40.6 Å². The number of nitrogens with two attached hydrogens (primary N) is 1. The topological polar surface area (TPSA) is 149 Å². The predicted molar refractivity (Wildman–Crippen MR) is 168 cm³/mol. The fourth-order valence-electron chi connectivity index (χ4n) is 4.36. The summed E-state index contributed by atoms with van der Waals surface area (Å²) in [6.07, 6.45) is -2.21. The summed E-state index contributed by atoms with van der Waals surface area (Å²) >= 11 is 0. The van der Waals surface area contributed by atoms with Crippen molar-refractivity contribution in [2.45, 2.75) is 44.8 Å². The predicted octanol–water partition coefficient (Wildman–Crippen LogP) is 4.03. The Morgan fingerprint density at radius 2 is 1.22 bits per heavy atom. The minimum absolute atomic E-state index is 0.0721. The van der Waals surface area contributed by atoms with Crippen molar-refractivity contribution in [1.82, 2.24) is 10.6 Å². The van der Waals surface area contributed by atoms with Crippen molar-refractivity contribution in [3.63, 3.8) is 0 Å². The van der Waals surface area contributed by atoms with Gasteiger partial charge in [0.15, 0.2) is 11.5 Å². The number of benzene rings is 4. The molecule has 3 amide bonds. The van der Waals surface area contributed by atoms with Gasteiger partial charge in [-0.05, 0) is 34.4 Å². The number of hydrogen-bond acceptors (Lipinski definition) is 7. The molecule has 0 saturated carbocycles. The first-order valence-electron chi connectivity index (χ1n) is 14.5. The van der Waals surface area contributed by atoms with Crippen LogP contribution in [0, 0.1) is 0 Å². The molecular formula is C35H37N3O7. The second kappa shape index (κ2) is 17.1. The van der Waals surface area contributed by atoms with E-state index < -0.39 is 30.1 Å². The molecule has 0 heterocycles. The summed E-state index contributed by atoms with van der Waals surface area (Å²) < 4.78 is 17.3. The normalized spacial score (nSPS) is 11.9. The molecule has 10 heteroatoms. The van der Waals surface area contributed by atoms with Crippen LogP contribution in [0.4, 0.5) is 4.79 Å². The molecule has 10 nitrogen and oxygen atoms in total. The molecule has 0 unspecified atom stereocenters. The fourth-order valence-corrected chi connectivity index (χ4v) is 4.36. The Morgan fingerprint density at radius 1 is 0.689 bits per heavy atom. The lowest BCUT2D eigenvalue weighted by Gasteiger charge is -2.19. The van der Waals surface area contributed by atoms with Gasteiger partial charge in [0.2, 0.25) is 11.8 Å². The van der Waals surface area contributed by atoms with Gasteiger partial charge >= 0.3 is 6.09 Å². The quantitative estimate of drug-likeness (QED) is 0.149. The van der Waals surface area contributed by atoms with E-state index in [-0.39, 0.29) is 26.0 Å². The molecule has 4 aromatic carbocycles. The van der Waals surface area contributed by atoms with E-state index in [4.69, 9.17) is 19.9 Å². The highest BCUT2D eigenvalue weighted by Gasteiger charge is 2.22. The zero-order chi connectivity index (χ0) is 31.9. The van der Waals surface area contributed by atoms with E-state index in [0.717, 1.165) is 16.7 Å². The lowest BCUT2D eigenvalue weighted by atomic mass is 10.0. The van der Waals surface area contributed by atoms with Crippen LogP contribution in [0.25, 0.3) is 0 Å². The van der Waals surface area contributed by atoms with Crippen LogP contribution in [0.2, 0.25) is 0 Å². The average molecular weight is 612 g/mol. The average Bonchev–Trinajstić information content (AvgIpc) is 3.06. The highest BCUT2D eigenvalue weighted by Crippen LogP contribution is 2.30. The molecule has 0 aliphatic carbocycles. The zero-order valence-corrected chi connectivity index (χ0v) is 24.8. The number of nitrogens with one attached hydrogen (secondary N) is 2. The number of aliphatic hydroxyl groups is 1. The molecule has 0 saturated heterocycles. The number of amides is 3. The van der Waals surface area contributed by atoms with Crippen molar-refractivity contribution in [2.24, 2.45) is 5.73 Å². The van der Waals surface area contributed by atoms with Gasteiger partial charge in [-0.15, -0.1) is 0 Å². The number of carbonyl (C=O) groups excluding carboxylic acids is 3. The monoisotopic (exact) mass is 611 g/mol. The fraction of sp³-hybridized carbons (Fsp3) is 0.229. The van der Waals surface area contributed by atoms with E-state index in [1.54, 1.807) is 18.2 Å². The van der Waals surface area contributed by atoms with E-state index in [9.17, 15) is 19.5 Å². The molecule has 0 aromatic heterocycles. The van der Waals surface area contributed by atoms with Gasteiger partial charge in [0.1, 0.15) is 25.9 Å². The largest absolute Gasteiger partial charge is 0.485 e. The van der Waals surface area contributed by atoms with E-state index >= 15 is 0 Å². The van der Waals surface area contributed by atoms with Crippen molar-refractivity contribution in [2.75, 3.05) is 6.54 Å². The molecule has 234 valence electrons. The molecule has 0 fully saturated rings. The van der Waals surface area contributed by atoms with Crippen LogP contribution in [0.3, 0.4) is 0 Å². The lowest BCUT2D eigenvalue weighted by molar-refractivity contribution is -0.128. The van der Waals surface area contributed by atoms with Crippen molar-refractivity contribution in [3.05, 3.63) is 131 Å². The first kappa shape index (κ1) is 32.6. The van der Waals surface area contributed by atoms with Crippen molar-refractivity contribution in [3.8, 4) is 11.5 Å². The van der Waals surface area contributed by atoms with Gasteiger partial charge in [0.05, 0.1) is 12.5 Å². The van der Waals surface area contributed by atoms with Crippen LogP contribution >= 0.6 is 0 Å². The second-order valence-corrected chi connectivity index (χ2v) is 10.4. The molecule has 2 atom stereocenters. The van der Waals surface area contributed by atoms with Crippen molar-refractivity contribution in [1.29, 1.82) is 0 Å². The van der Waals surface area contributed by atoms with Crippen LogP contribution in [-0.4, -0.2) is 41.7 Å². The molecule has 4 rings (SSSR count). The van der Waals surface area contributed by atoms with Gasteiger partial charge in [-0.3, -0.25) is 9.59 Å². The Balaban J connectivity index is 1.32. The van der Waals surface area contributed by atoms with Crippen LogP contribution in [0.5, 0.6) is 11.5 Å². The number of alkyl carbamates (subject to hydrolysis) is 1. The number of carbonyl (C=O) groups is 3. The maximum absolute atomic E-state index is 12.6. The molecule has 0 radical (unpaired) electrons. The van der Waals surface area contributed by atoms with E-state index in [0.29, 0.717) is 30.3 Å². The molecule has 0 spiro atoms. The number of primary amides is 1. The minimum atomic E-state index is -1.21. The maximum Gasteiger partial charge on any atom is 0.407 e. The summed E-state index contributed by atoms with van der Waals surface area (Å²) in [5.74, 6) is -0.343. The van der Waals surface area contributed by atoms with Gasteiger partial charge in [-0.25, -0.2) is 4.79 Å². The standard InChI is InChI=1S/C35H37N3O7/c36-34(41)30(38-33(40)20-29(39)21-37-35(42)45-24-27-14-8-3-9-15-27)18-28-16-17-31(43-22-25-10-4-1-5-11-25)32(19-28)44-23-26-12-6-2-7-13-26/h1-17,19,29-30,39H,18,20-24H2,(H2,36,41)(H,37,42)(H,38,40)/t29-,30-/m1/s1. The number of rotatable bonds is 16. The van der Waals surface area contributed by atoms with Crippen LogP contribution < -0.4 is 25.8 Å². The van der Waals surface area contributed by atoms with Crippen LogP contribution in [0.15, 0.2) is 109 Å². The molecule has 0 aliphatic heterocycles. The Hall–Kier alpha value is -5.35. The summed E-state index contributed by atoms with van der Waals surface area (Å²) in [5, 5.41) is 15.3. The smallest absolute Gasteiger partial charge is 0.407 e. The lowest BCUT2D eigenvalue weighted by Crippen LogP contribution is -2.47. The van der Waals surface area contributed by atoms with E-state index in [2.05, 4.69) is 10.6 Å². The molecule has 5 N–H and O–H groups in total. The molecular weight excluding hydrogens is 574 g/mol. The van der Waals surface area contributed by atoms with Gasteiger partial charge in [0.25, 0.3) is 0 Å². The Morgan fingerprint density at radius 3 is 1.78 bits per heavy atom. The number of hydrogen-bond donors (Lipinski definition) is 4.